The van der Waals surface area contributed by atoms with Crippen LogP contribution in [0.15, 0.2) is 16.6 Å². The highest BCUT2D eigenvalue weighted by molar-refractivity contribution is 9.10. The summed E-state index contributed by atoms with van der Waals surface area (Å²) in [5.41, 5.74) is 1.60. The number of hydrogen-bond donors (Lipinski definition) is 1. The highest BCUT2D eigenvalue weighted by Crippen LogP contribution is 2.26. The molecule has 0 aliphatic carbocycles. The maximum Gasteiger partial charge on any atom is 0.191 e. The zero-order valence-corrected chi connectivity index (χ0v) is 12.5. The highest BCUT2D eigenvalue weighted by atomic mass is 79.9. The number of halogens is 3. The van der Waals surface area contributed by atoms with Crippen molar-refractivity contribution in [1.29, 1.82) is 0 Å². The summed E-state index contributed by atoms with van der Waals surface area (Å²) < 4.78 is 34.9. The van der Waals surface area contributed by atoms with Crippen LogP contribution in [-0.2, 0) is 20.3 Å². The van der Waals surface area contributed by atoms with Crippen LogP contribution in [-0.4, -0.2) is 14.9 Å². The molecule has 1 heterocycles. The van der Waals surface area contributed by atoms with Crippen molar-refractivity contribution in [2.24, 2.45) is 7.05 Å². The summed E-state index contributed by atoms with van der Waals surface area (Å²) in [6.07, 6.45) is 0. The SMILES string of the molecule is Cc1nn(C)c(COc2c(F)cc(CO)cc2F)c1Br. The summed E-state index contributed by atoms with van der Waals surface area (Å²) >= 11 is 3.35. The van der Waals surface area contributed by atoms with E-state index >= 15 is 0 Å². The van der Waals surface area contributed by atoms with Crippen molar-refractivity contribution < 1.29 is 18.6 Å². The summed E-state index contributed by atoms with van der Waals surface area (Å²) in [5.74, 6) is -2.15. The van der Waals surface area contributed by atoms with Gasteiger partial charge in [-0.1, -0.05) is 0 Å². The first-order valence-corrected chi connectivity index (χ1v) is 6.63. The fourth-order valence-electron chi connectivity index (χ4n) is 1.82. The van der Waals surface area contributed by atoms with Crippen LogP contribution in [0.25, 0.3) is 0 Å². The Morgan fingerprint density at radius 2 is 1.95 bits per heavy atom. The van der Waals surface area contributed by atoms with Crippen molar-refractivity contribution in [3.8, 4) is 5.75 Å². The number of ether oxygens (including phenoxy) is 1. The average Bonchev–Trinajstić information content (AvgIpc) is 2.63. The van der Waals surface area contributed by atoms with E-state index in [0.717, 1.165) is 22.3 Å². The summed E-state index contributed by atoms with van der Waals surface area (Å²) in [6.45, 7) is 1.36. The third kappa shape index (κ3) is 2.83. The van der Waals surface area contributed by atoms with Crippen LogP contribution in [0.2, 0.25) is 0 Å². The number of aromatic nitrogens is 2. The third-order valence-electron chi connectivity index (χ3n) is 2.86. The first-order valence-electron chi connectivity index (χ1n) is 5.83. The molecule has 20 heavy (non-hydrogen) atoms. The number of nitrogens with zero attached hydrogens (tertiary/aromatic N) is 2. The summed E-state index contributed by atoms with van der Waals surface area (Å²) in [7, 11) is 1.72. The Hall–Kier alpha value is -1.47. The fraction of sp³-hybridized carbons (Fsp3) is 0.308. The van der Waals surface area contributed by atoms with Crippen LogP contribution in [0.1, 0.15) is 17.0 Å². The van der Waals surface area contributed by atoms with Crippen molar-refractivity contribution >= 4 is 15.9 Å². The molecule has 0 bridgehead atoms. The van der Waals surface area contributed by atoms with Gasteiger partial charge in [0.15, 0.2) is 17.4 Å². The molecule has 0 saturated carbocycles. The number of benzene rings is 1. The second-order valence-corrected chi connectivity index (χ2v) is 5.10. The number of rotatable bonds is 4. The van der Waals surface area contributed by atoms with Gasteiger partial charge in [0.2, 0.25) is 0 Å². The molecule has 0 radical (unpaired) electrons. The predicted molar refractivity (Wildman–Crippen MR) is 72.3 cm³/mol. The van der Waals surface area contributed by atoms with Crippen molar-refractivity contribution in [1.82, 2.24) is 9.78 Å². The Labute approximate surface area is 123 Å². The maximum absolute atomic E-state index is 13.7. The Morgan fingerprint density at radius 3 is 2.40 bits per heavy atom. The molecule has 7 heteroatoms. The van der Waals surface area contributed by atoms with Gasteiger partial charge in [0.1, 0.15) is 6.61 Å². The van der Waals surface area contributed by atoms with Crippen LogP contribution in [0, 0.1) is 18.6 Å². The minimum Gasteiger partial charge on any atom is -0.481 e. The van der Waals surface area contributed by atoms with Crippen molar-refractivity contribution in [2.75, 3.05) is 0 Å². The lowest BCUT2D eigenvalue weighted by atomic mass is 10.2. The maximum atomic E-state index is 13.7. The van der Waals surface area contributed by atoms with Crippen molar-refractivity contribution in [3.05, 3.63) is 45.2 Å². The monoisotopic (exact) mass is 346 g/mol. The molecule has 1 N–H and O–H groups in total. The lowest BCUT2D eigenvalue weighted by Gasteiger charge is -2.10. The number of aliphatic hydroxyl groups is 1. The molecule has 1 aromatic heterocycles. The molecule has 0 spiro atoms. The molecule has 0 amide bonds. The summed E-state index contributed by atoms with van der Waals surface area (Å²) in [5, 5.41) is 13.0. The predicted octanol–water partition coefficient (Wildman–Crippen LogP) is 2.84. The first kappa shape index (κ1) is 14.9. The highest BCUT2D eigenvalue weighted by Gasteiger charge is 2.16. The second kappa shape index (κ2) is 5.88. The van der Waals surface area contributed by atoms with Crippen molar-refractivity contribution in [3.63, 3.8) is 0 Å². The summed E-state index contributed by atoms with van der Waals surface area (Å²) in [6, 6.07) is 2.09. The fourth-order valence-corrected chi connectivity index (χ4v) is 2.27. The van der Waals surface area contributed by atoms with E-state index in [4.69, 9.17) is 9.84 Å². The van der Waals surface area contributed by atoms with E-state index in [-0.39, 0.29) is 12.2 Å². The smallest absolute Gasteiger partial charge is 0.191 e. The number of aliphatic hydroxyl groups excluding tert-OH is 1. The minimum atomic E-state index is -0.843. The van der Waals surface area contributed by atoms with Crippen LogP contribution in [0.5, 0.6) is 5.75 Å². The topological polar surface area (TPSA) is 47.3 Å². The van der Waals surface area contributed by atoms with E-state index < -0.39 is 24.0 Å². The van der Waals surface area contributed by atoms with Gasteiger partial charge in [-0.25, -0.2) is 8.78 Å². The molecule has 0 atom stereocenters. The van der Waals surface area contributed by atoms with E-state index in [2.05, 4.69) is 21.0 Å². The molecule has 0 unspecified atom stereocenters. The Kier molecular flexibility index (Phi) is 4.39. The lowest BCUT2D eigenvalue weighted by molar-refractivity contribution is 0.259. The molecule has 0 aliphatic rings. The lowest BCUT2D eigenvalue weighted by Crippen LogP contribution is -2.06. The Balaban J connectivity index is 2.23. The van der Waals surface area contributed by atoms with Gasteiger partial charge in [0, 0.05) is 7.05 Å². The van der Waals surface area contributed by atoms with Crippen LogP contribution < -0.4 is 4.74 Å². The normalized spacial score (nSPS) is 10.9. The third-order valence-corrected chi connectivity index (χ3v) is 3.89. The number of aryl methyl sites for hydroxylation is 2. The zero-order chi connectivity index (χ0) is 14.9. The molecule has 4 nitrogen and oxygen atoms in total. The molecule has 1 aromatic carbocycles. The average molecular weight is 347 g/mol. The molecular weight excluding hydrogens is 334 g/mol. The van der Waals surface area contributed by atoms with E-state index in [9.17, 15) is 8.78 Å². The van der Waals surface area contributed by atoms with Gasteiger partial charge in [-0.05, 0) is 40.5 Å². The van der Waals surface area contributed by atoms with Gasteiger partial charge in [-0.15, -0.1) is 0 Å². The van der Waals surface area contributed by atoms with Gasteiger partial charge in [0.05, 0.1) is 22.5 Å². The van der Waals surface area contributed by atoms with Crippen LogP contribution in [0.3, 0.4) is 0 Å². The Morgan fingerprint density at radius 1 is 1.35 bits per heavy atom. The standard InChI is InChI=1S/C13H13BrF2N2O2/c1-7-12(14)11(18(2)17-7)6-20-13-9(15)3-8(5-19)4-10(13)16/h3-4,19H,5-6H2,1-2H3. The molecule has 108 valence electrons. The molecule has 2 aromatic rings. The van der Waals surface area contributed by atoms with Gasteiger partial charge in [0.25, 0.3) is 0 Å². The second-order valence-electron chi connectivity index (χ2n) is 4.31. The Bertz CT molecular complexity index is 621. The van der Waals surface area contributed by atoms with Crippen LogP contribution >= 0.6 is 15.9 Å². The molecule has 2 rings (SSSR count). The van der Waals surface area contributed by atoms with E-state index in [1.807, 2.05) is 6.92 Å². The largest absolute Gasteiger partial charge is 0.481 e. The quantitative estimate of drug-likeness (QED) is 0.925. The molecule has 0 aliphatic heterocycles. The summed E-state index contributed by atoms with van der Waals surface area (Å²) in [4.78, 5) is 0. The van der Waals surface area contributed by atoms with E-state index in [1.165, 1.54) is 0 Å². The van der Waals surface area contributed by atoms with Crippen LogP contribution in [0.4, 0.5) is 8.78 Å². The van der Waals surface area contributed by atoms with Crippen molar-refractivity contribution in [2.45, 2.75) is 20.1 Å². The van der Waals surface area contributed by atoms with Gasteiger partial charge in [-0.3, -0.25) is 4.68 Å². The molecule has 0 fully saturated rings. The molecular formula is C13H13BrF2N2O2. The molecule has 0 saturated heterocycles. The minimum absolute atomic E-state index is 0.0236. The zero-order valence-electron chi connectivity index (χ0n) is 11.0. The van der Waals surface area contributed by atoms with Gasteiger partial charge in [-0.2, -0.15) is 5.10 Å². The van der Waals surface area contributed by atoms with Gasteiger partial charge < -0.3 is 9.84 Å². The first-order chi connectivity index (χ1) is 9.43. The van der Waals surface area contributed by atoms with Gasteiger partial charge >= 0.3 is 0 Å². The van der Waals surface area contributed by atoms with E-state index in [1.54, 1.807) is 11.7 Å². The van der Waals surface area contributed by atoms with E-state index in [0.29, 0.717) is 5.69 Å². The number of hydrogen-bond acceptors (Lipinski definition) is 3.